The van der Waals surface area contributed by atoms with Crippen LogP contribution in [0, 0.1) is 5.41 Å². The fourth-order valence-corrected chi connectivity index (χ4v) is 7.89. The third kappa shape index (κ3) is 3.32. The molecule has 3 aliphatic rings. The van der Waals surface area contributed by atoms with E-state index in [1.54, 1.807) is 6.07 Å². The zero-order chi connectivity index (χ0) is 24.7. The van der Waals surface area contributed by atoms with E-state index < -0.39 is 38.7 Å². The van der Waals surface area contributed by atoms with Crippen LogP contribution >= 0.6 is 0 Å². The van der Waals surface area contributed by atoms with Crippen LogP contribution in [0.15, 0.2) is 36.4 Å². The van der Waals surface area contributed by atoms with E-state index in [0.717, 1.165) is 36.3 Å². The summed E-state index contributed by atoms with van der Waals surface area (Å²) < 4.78 is 91.8. The van der Waals surface area contributed by atoms with Gasteiger partial charge in [-0.25, -0.2) is 8.42 Å². The summed E-state index contributed by atoms with van der Waals surface area (Å²) in [6.07, 6.45) is -4.21. The Kier molecular flexibility index (Phi) is 5.04. The van der Waals surface area contributed by atoms with Crippen LogP contribution in [-0.2, 0) is 34.3 Å². The fraction of sp³-hybridized carbons (Fsp3) is 0.500. The molecule has 1 atom stereocenters. The summed E-state index contributed by atoms with van der Waals surface area (Å²) in [4.78, 5) is 2.18. The molecule has 34 heavy (non-hydrogen) atoms. The predicted octanol–water partition coefficient (Wildman–Crippen LogP) is 4.39. The van der Waals surface area contributed by atoms with Crippen LogP contribution in [0.3, 0.4) is 0 Å². The Hall–Kier alpha value is -2.04. The Morgan fingerprint density at radius 1 is 1.06 bits per heavy atom. The number of nitrogens with zero attached hydrogens (tertiary/aromatic N) is 1. The van der Waals surface area contributed by atoms with Crippen molar-refractivity contribution >= 4 is 9.84 Å². The van der Waals surface area contributed by atoms with Crippen LogP contribution in [0.25, 0.3) is 11.1 Å². The minimum absolute atomic E-state index is 0.137. The highest BCUT2D eigenvalue weighted by Crippen LogP contribution is 2.63. The van der Waals surface area contributed by atoms with Gasteiger partial charge in [0.05, 0.1) is 11.5 Å². The average molecular weight is 502 g/mol. The van der Waals surface area contributed by atoms with Crippen molar-refractivity contribution in [3.63, 3.8) is 0 Å². The van der Waals surface area contributed by atoms with Crippen molar-refractivity contribution in [1.82, 2.24) is 4.90 Å². The Labute approximate surface area is 194 Å². The van der Waals surface area contributed by atoms with E-state index >= 15 is 0 Å². The maximum absolute atomic E-state index is 14.4. The van der Waals surface area contributed by atoms with Gasteiger partial charge in [-0.05, 0) is 41.2 Å². The minimum atomic E-state index is -5.49. The third-order valence-electron chi connectivity index (χ3n) is 7.47. The van der Waals surface area contributed by atoms with Gasteiger partial charge in [-0.1, -0.05) is 37.3 Å². The first-order valence-corrected chi connectivity index (χ1v) is 12.9. The number of likely N-dealkylation sites (tertiary alicyclic amines) is 1. The van der Waals surface area contributed by atoms with E-state index in [2.05, 4.69) is 4.90 Å². The van der Waals surface area contributed by atoms with Gasteiger partial charge in [0.15, 0.2) is 9.84 Å². The van der Waals surface area contributed by atoms with Crippen molar-refractivity contribution < 1.29 is 35.5 Å². The molecule has 2 aliphatic heterocycles. The normalized spacial score (nSPS) is 26.7. The maximum atomic E-state index is 14.4. The zero-order valence-corrected chi connectivity index (χ0v) is 19.2. The molecule has 2 saturated heterocycles. The van der Waals surface area contributed by atoms with Crippen molar-refractivity contribution in [1.29, 1.82) is 0 Å². The highest BCUT2D eigenvalue weighted by atomic mass is 32.2. The van der Waals surface area contributed by atoms with Crippen LogP contribution in [0.4, 0.5) is 22.0 Å². The lowest BCUT2D eigenvalue weighted by atomic mass is 9.68. The molecule has 10 heteroatoms. The van der Waals surface area contributed by atoms with Crippen molar-refractivity contribution in [2.24, 2.45) is 5.41 Å². The lowest BCUT2D eigenvalue weighted by molar-refractivity contribution is -0.364. The van der Waals surface area contributed by atoms with E-state index in [1.807, 2.05) is 19.1 Å². The standard InChI is InChI=1S/C24H24F5NO3S/c1-2-16-9-15(11-30-12-21(13-30)7-8-34(32,33)14-21)3-5-18(16)17-4-6-19-20(10-17)23(25,26)22(19,31)24(27,28)29/h3-6,9-10,31H,2,7-8,11-14H2,1H3. The molecule has 0 radical (unpaired) electrons. The number of benzene rings is 2. The zero-order valence-electron chi connectivity index (χ0n) is 18.4. The number of aryl methyl sites for hydroxylation is 1. The molecule has 1 N–H and O–H groups in total. The summed E-state index contributed by atoms with van der Waals surface area (Å²) in [5, 5.41) is 9.73. The summed E-state index contributed by atoms with van der Waals surface area (Å²) in [6, 6.07) is 8.88. The number of hydrogen-bond donors (Lipinski definition) is 1. The monoisotopic (exact) mass is 501 g/mol. The van der Waals surface area contributed by atoms with Crippen LogP contribution in [-0.4, -0.2) is 49.2 Å². The van der Waals surface area contributed by atoms with Gasteiger partial charge in [-0.15, -0.1) is 0 Å². The summed E-state index contributed by atoms with van der Waals surface area (Å²) in [5.74, 6) is -3.94. The average Bonchev–Trinajstić information content (AvgIpc) is 3.07. The van der Waals surface area contributed by atoms with Gasteiger partial charge in [-0.3, -0.25) is 4.90 Å². The van der Waals surface area contributed by atoms with Crippen LogP contribution in [0.5, 0.6) is 0 Å². The third-order valence-corrected chi connectivity index (χ3v) is 9.35. The number of sulfone groups is 1. The van der Waals surface area contributed by atoms with E-state index in [4.69, 9.17) is 0 Å². The summed E-state index contributed by atoms with van der Waals surface area (Å²) in [6.45, 7) is 3.98. The van der Waals surface area contributed by atoms with Crippen molar-refractivity contribution in [2.45, 2.75) is 44.0 Å². The van der Waals surface area contributed by atoms with Gasteiger partial charge in [-0.2, -0.15) is 22.0 Å². The molecule has 0 aromatic heterocycles. The molecule has 184 valence electrons. The number of fused-ring (bicyclic) bond motifs is 1. The molecule has 2 aromatic rings. The molecule has 0 amide bonds. The summed E-state index contributed by atoms with van der Waals surface area (Å²) in [7, 11) is -2.94. The molecule has 0 bridgehead atoms. The van der Waals surface area contributed by atoms with Gasteiger partial charge in [0.25, 0.3) is 5.60 Å². The summed E-state index contributed by atoms with van der Waals surface area (Å²) >= 11 is 0. The SMILES string of the molecule is CCc1cc(CN2CC3(CCS(=O)(=O)C3)C2)ccc1-c1ccc2c(c1)C(F)(F)C2(O)C(F)(F)F. The lowest BCUT2D eigenvalue weighted by Crippen LogP contribution is -2.62. The number of hydrogen-bond acceptors (Lipinski definition) is 4. The van der Waals surface area contributed by atoms with E-state index in [-0.39, 0.29) is 16.9 Å². The molecule has 1 spiro atoms. The first kappa shape index (κ1) is 23.7. The maximum Gasteiger partial charge on any atom is 0.427 e. The lowest BCUT2D eigenvalue weighted by Gasteiger charge is -2.47. The minimum Gasteiger partial charge on any atom is -0.371 e. The second-order valence-electron chi connectivity index (χ2n) is 9.88. The molecule has 4 nitrogen and oxygen atoms in total. The Bertz CT molecular complexity index is 1270. The van der Waals surface area contributed by atoms with E-state index in [9.17, 15) is 35.5 Å². The van der Waals surface area contributed by atoms with Crippen molar-refractivity contribution in [3.8, 4) is 11.1 Å². The fourth-order valence-electron chi connectivity index (χ4n) is 5.74. The number of halogens is 5. The van der Waals surface area contributed by atoms with E-state index in [1.165, 1.54) is 6.07 Å². The number of alkyl halides is 5. The molecule has 1 unspecified atom stereocenters. The van der Waals surface area contributed by atoms with Crippen LogP contribution in [0.2, 0.25) is 0 Å². The van der Waals surface area contributed by atoms with Gasteiger partial charge in [0.2, 0.25) is 0 Å². The highest BCUT2D eigenvalue weighted by Gasteiger charge is 2.78. The molecule has 1 aliphatic carbocycles. The second-order valence-corrected chi connectivity index (χ2v) is 12.1. The molecular weight excluding hydrogens is 477 g/mol. The quantitative estimate of drug-likeness (QED) is 0.632. The van der Waals surface area contributed by atoms with Gasteiger partial charge in [0.1, 0.15) is 0 Å². The van der Waals surface area contributed by atoms with Gasteiger partial charge in [0, 0.05) is 36.2 Å². The van der Waals surface area contributed by atoms with Crippen LogP contribution < -0.4 is 0 Å². The van der Waals surface area contributed by atoms with Crippen molar-refractivity contribution in [3.05, 3.63) is 58.7 Å². The molecule has 5 rings (SSSR count). The predicted molar refractivity (Wildman–Crippen MR) is 116 cm³/mol. The first-order valence-electron chi connectivity index (χ1n) is 11.1. The first-order chi connectivity index (χ1) is 15.7. The highest BCUT2D eigenvalue weighted by molar-refractivity contribution is 7.91. The molecule has 2 aromatic carbocycles. The van der Waals surface area contributed by atoms with E-state index in [0.29, 0.717) is 30.5 Å². The van der Waals surface area contributed by atoms with Crippen LogP contribution in [0.1, 0.15) is 35.6 Å². The van der Waals surface area contributed by atoms with Gasteiger partial charge < -0.3 is 5.11 Å². The molecular formula is C24H24F5NO3S. The Morgan fingerprint density at radius 3 is 2.35 bits per heavy atom. The van der Waals surface area contributed by atoms with Gasteiger partial charge >= 0.3 is 12.1 Å². The topological polar surface area (TPSA) is 57.6 Å². The molecule has 2 fully saturated rings. The Morgan fingerprint density at radius 2 is 1.76 bits per heavy atom. The molecule has 0 saturated carbocycles. The summed E-state index contributed by atoms with van der Waals surface area (Å²) in [5.41, 5.74) is -3.06. The number of rotatable bonds is 4. The smallest absolute Gasteiger partial charge is 0.371 e. The second kappa shape index (κ2) is 7.24. The van der Waals surface area contributed by atoms with Crippen molar-refractivity contribution in [2.75, 3.05) is 24.6 Å². The Balaban J connectivity index is 1.37. The number of aliphatic hydroxyl groups is 1. The molecule has 2 heterocycles. The largest absolute Gasteiger partial charge is 0.427 e.